The van der Waals surface area contributed by atoms with Crippen molar-refractivity contribution in [2.24, 2.45) is 0 Å². The van der Waals surface area contributed by atoms with Gasteiger partial charge in [-0.2, -0.15) is 0 Å². The first-order valence-corrected chi connectivity index (χ1v) is 6.42. The fourth-order valence-corrected chi connectivity index (χ4v) is 1.81. The summed E-state index contributed by atoms with van der Waals surface area (Å²) >= 11 is 0. The van der Waals surface area contributed by atoms with E-state index in [0.717, 1.165) is 10.4 Å². The van der Waals surface area contributed by atoms with Crippen molar-refractivity contribution in [3.63, 3.8) is 0 Å². The Hall–Kier alpha value is -1.60. The number of hydrogen-bond donors (Lipinski definition) is 1. The predicted molar refractivity (Wildman–Crippen MR) is 76.4 cm³/mol. The van der Waals surface area contributed by atoms with Crippen LogP contribution in [-0.4, -0.2) is 41.6 Å². The number of aromatic nitrogens is 1. The second kappa shape index (κ2) is 4.75. The predicted octanol–water partition coefficient (Wildman–Crippen LogP) is 1.49. The van der Waals surface area contributed by atoms with Crippen molar-refractivity contribution in [2.45, 2.75) is 38.9 Å². The number of hydrogen-bond acceptors (Lipinski definition) is 4. The van der Waals surface area contributed by atoms with E-state index in [0.29, 0.717) is 5.82 Å². The van der Waals surface area contributed by atoms with E-state index in [1.807, 2.05) is 27.7 Å². The van der Waals surface area contributed by atoms with Gasteiger partial charge in [-0.25, -0.2) is 9.78 Å². The molecule has 7 heteroatoms. The SMILES string of the molecule is CN(C(=O)O)c1ccc(B2OC(C)(C)C(C)(C)O2)cn1. The van der Waals surface area contributed by atoms with Crippen LogP contribution in [0.5, 0.6) is 0 Å². The van der Waals surface area contributed by atoms with Gasteiger partial charge in [0.1, 0.15) is 5.82 Å². The normalized spacial score (nSPS) is 19.9. The summed E-state index contributed by atoms with van der Waals surface area (Å²) in [6, 6.07) is 3.40. The Morgan fingerprint density at radius 2 is 1.80 bits per heavy atom. The highest BCUT2D eigenvalue weighted by atomic mass is 16.7. The largest absolute Gasteiger partial charge is 0.496 e. The molecule has 0 aromatic carbocycles. The van der Waals surface area contributed by atoms with Gasteiger partial charge >= 0.3 is 13.2 Å². The summed E-state index contributed by atoms with van der Waals surface area (Å²) in [6.07, 6.45) is 0.526. The molecule has 0 aliphatic carbocycles. The lowest BCUT2D eigenvalue weighted by atomic mass is 9.80. The Morgan fingerprint density at radius 3 is 2.20 bits per heavy atom. The molecule has 0 spiro atoms. The third-order valence-electron chi connectivity index (χ3n) is 3.93. The van der Waals surface area contributed by atoms with E-state index in [-0.39, 0.29) is 0 Å². The van der Waals surface area contributed by atoms with Crippen LogP contribution in [0.3, 0.4) is 0 Å². The molecular formula is C13H19BN2O4. The van der Waals surface area contributed by atoms with E-state index in [4.69, 9.17) is 14.4 Å². The van der Waals surface area contributed by atoms with Gasteiger partial charge in [-0.1, -0.05) is 6.07 Å². The first kappa shape index (κ1) is 14.8. The van der Waals surface area contributed by atoms with Crippen molar-refractivity contribution >= 4 is 24.5 Å². The molecule has 1 aromatic rings. The van der Waals surface area contributed by atoms with Gasteiger partial charge in [-0.15, -0.1) is 0 Å². The van der Waals surface area contributed by atoms with Crippen molar-refractivity contribution in [2.75, 3.05) is 11.9 Å². The van der Waals surface area contributed by atoms with Crippen LogP contribution in [0.2, 0.25) is 0 Å². The third kappa shape index (κ3) is 2.51. The highest BCUT2D eigenvalue weighted by molar-refractivity contribution is 6.62. The minimum atomic E-state index is -1.05. The van der Waals surface area contributed by atoms with Gasteiger partial charge in [-0.05, 0) is 33.8 Å². The van der Waals surface area contributed by atoms with Crippen molar-refractivity contribution in [1.29, 1.82) is 0 Å². The molecule has 1 aromatic heterocycles. The second-order valence-corrected chi connectivity index (χ2v) is 5.88. The average molecular weight is 278 g/mol. The highest BCUT2D eigenvalue weighted by Gasteiger charge is 2.51. The molecule has 1 N–H and O–H groups in total. The maximum Gasteiger partial charge on any atom is 0.496 e. The maximum absolute atomic E-state index is 10.8. The van der Waals surface area contributed by atoms with Crippen LogP contribution >= 0.6 is 0 Å². The van der Waals surface area contributed by atoms with Crippen LogP contribution in [0.25, 0.3) is 0 Å². The Labute approximate surface area is 118 Å². The maximum atomic E-state index is 10.8. The fourth-order valence-electron chi connectivity index (χ4n) is 1.81. The number of amides is 1. The summed E-state index contributed by atoms with van der Waals surface area (Å²) in [4.78, 5) is 16.0. The standard InChI is InChI=1S/C13H19BN2O4/c1-12(2)13(3,4)20-14(19-12)9-6-7-10(15-8-9)16(5)11(17)18/h6-8H,1-5H3,(H,17,18). The first-order chi connectivity index (χ1) is 9.14. The van der Waals surface area contributed by atoms with E-state index in [1.54, 1.807) is 18.3 Å². The van der Waals surface area contributed by atoms with Crippen molar-refractivity contribution in [1.82, 2.24) is 4.98 Å². The first-order valence-electron chi connectivity index (χ1n) is 6.42. The molecule has 0 atom stereocenters. The minimum absolute atomic E-state index is 0.359. The molecule has 1 fully saturated rings. The Balaban J connectivity index is 2.18. The second-order valence-electron chi connectivity index (χ2n) is 5.88. The zero-order chi connectivity index (χ0) is 15.1. The molecule has 1 aliphatic rings. The highest BCUT2D eigenvalue weighted by Crippen LogP contribution is 2.36. The van der Waals surface area contributed by atoms with Crippen LogP contribution in [0, 0.1) is 0 Å². The van der Waals surface area contributed by atoms with E-state index >= 15 is 0 Å². The van der Waals surface area contributed by atoms with E-state index in [1.165, 1.54) is 7.05 Å². The lowest BCUT2D eigenvalue weighted by Gasteiger charge is -2.32. The van der Waals surface area contributed by atoms with Crippen molar-refractivity contribution < 1.29 is 19.2 Å². The summed E-state index contributed by atoms with van der Waals surface area (Å²) in [7, 11) is 0.954. The summed E-state index contributed by atoms with van der Waals surface area (Å²) < 4.78 is 11.8. The van der Waals surface area contributed by atoms with E-state index in [9.17, 15) is 4.79 Å². The zero-order valence-electron chi connectivity index (χ0n) is 12.4. The molecule has 1 amide bonds. The number of carboxylic acid groups (broad SMARTS) is 1. The minimum Gasteiger partial charge on any atom is -0.465 e. The topological polar surface area (TPSA) is 71.9 Å². The quantitative estimate of drug-likeness (QED) is 0.830. The van der Waals surface area contributed by atoms with Gasteiger partial charge in [0.2, 0.25) is 0 Å². The number of nitrogens with zero attached hydrogens (tertiary/aromatic N) is 2. The lowest BCUT2D eigenvalue weighted by Crippen LogP contribution is -2.41. The van der Waals surface area contributed by atoms with Crippen molar-refractivity contribution in [3.05, 3.63) is 18.3 Å². The molecule has 0 radical (unpaired) electrons. The monoisotopic (exact) mass is 278 g/mol. The molecule has 1 saturated heterocycles. The average Bonchev–Trinajstić information content (AvgIpc) is 2.57. The van der Waals surface area contributed by atoms with Gasteiger partial charge in [0.25, 0.3) is 0 Å². The third-order valence-corrected chi connectivity index (χ3v) is 3.93. The Morgan fingerprint density at radius 1 is 1.25 bits per heavy atom. The molecule has 1 aliphatic heterocycles. The molecular weight excluding hydrogens is 259 g/mol. The number of rotatable bonds is 2. The fraction of sp³-hybridized carbons (Fsp3) is 0.538. The Kier molecular flexibility index (Phi) is 3.52. The number of pyridine rings is 1. The summed E-state index contributed by atoms with van der Waals surface area (Å²) in [5.74, 6) is 0.359. The molecule has 2 heterocycles. The number of anilines is 1. The molecule has 6 nitrogen and oxygen atoms in total. The van der Waals surface area contributed by atoms with Crippen molar-refractivity contribution in [3.8, 4) is 0 Å². The smallest absolute Gasteiger partial charge is 0.465 e. The molecule has 0 unspecified atom stereocenters. The van der Waals surface area contributed by atoms with E-state index < -0.39 is 24.4 Å². The molecule has 0 bridgehead atoms. The number of carbonyl (C=O) groups is 1. The van der Waals surface area contributed by atoms with Crippen LogP contribution in [-0.2, 0) is 9.31 Å². The molecule has 108 valence electrons. The van der Waals surface area contributed by atoms with Gasteiger partial charge in [-0.3, -0.25) is 4.90 Å². The van der Waals surface area contributed by atoms with Gasteiger partial charge < -0.3 is 14.4 Å². The summed E-state index contributed by atoms with van der Waals surface area (Å²) in [6.45, 7) is 7.92. The summed E-state index contributed by atoms with van der Waals surface area (Å²) in [5, 5.41) is 8.89. The molecule has 0 saturated carbocycles. The molecule has 20 heavy (non-hydrogen) atoms. The van der Waals surface area contributed by atoms with Gasteiger partial charge in [0, 0.05) is 18.7 Å². The van der Waals surface area contributed by atoms with Crippen LogP contribution in [0.1, 0.15) is 27.7 Å². The van der Waals surface area contributed by atoms with Crippen LogP contribution < -0.4 is 10.4 Å². The molecule has 2 rings (SSSR count). The Bertz CT molecular complexity index is 500. The summed E-state index contributed by atoms with van der Waals surface area (Å²) in [5.41, 5.74) is -0.0475. The lowest BCUT2D eigenvalue weighted by molar-refractivity contribution is 0.00578. The van der Waals surface area contributed by atoms with Crippen LogP contribution in [0.15, 0.2) is 18.3 Å². The van der Waals surface area contributed by atoms with E-state index in [2.05, 4.69) is 4.98 Å². The van der Waals surface area contributed by atoms with Gasteiger partial charge in [0.15, 0.2) is 0 Å². The zero-order valence-corrected chi connectivity index (χ0v) is 12.4. The van der Waals surface area contributed by atoms with Crippen LogP contribution in [0.4, 0.5) is 10.6 Å². The van der Waals surface area contributed by atoms with Gasteiger partial charge in [0.05, 0.1) is 11.2 Å².